The molecule has 6 rings (SSSR count). The minimum absolute atomic E-state index is 0.0351. The van der Waals surface area contributed by atoms with Crippen molar-refractivity contribution in [1.29, 1.82) is 0 Å². The average Bonchev–Trinajstić information content (AvgIpc) is 3.42. The summed E-state index contributed by atoms with van der Waals surface area (Å²) in [7, 11) is 0. The molecule has 0 spiro atoms. The number of H-pyrrole nitrogens is 1. The minimum atomic E-state index is -4.44. The number of carbonyl (C=O) groups is 1. The van der Waals surface area contributed by atoms with Gasteiger partial charge in [-0.1, -0.05) is 24.3 Å². The van der Waals surface area contributed by atoms with Crippen molar-refractivity contribution in [3.8, 4) is 22.4 Å². The molecular formula is C31H26F3N5O2. The first kappa shape index (κ1) is 26.6. The Morgan fingerprint density at radius 2 is 1.71 bits per heavy atom. The first-order valence-corrected chi connectivity index (χ1v) is 13.2. The molecule has 1 aromatic carbocycles. The van der Waals surface area contributed by atoms with Gasteiger partial charge in [0.2, 0.25) is 0 Å². The maximum Gasteiger partial charge on any atom is 0.416 e. The third-order valence-electron chi connectivity index (χ3n) is 7.05. The second-order valence-corrected chi connectivity index (χ2v) is 9.98. The van der Waals surface area contributed by atoms with Crippen molar-refractivity contribution >= 4 is 22.6 Å². The zero-order valence-corrected chi connectivity index (χ0v) is 22.0. The molecule has 0 aliphatic carbocycles. The Kier molecular flexibility index (Phi) is 7.23. The molecule has 10 heteroatoms. The Balaban J connectivity index is 1.14. The summed E-state index contributed by atoms with van der Waals surface area (Å²) in [6, 6.07) is 16.6. The quantitative estimate of drug-likeness (QED) is 0.268. The number of aromatic amines is 1. The van der Waals surface area contributed by atoms with Gasteiger partial charge in [0.05, 0.1) is 18.8 Å². The first-order valence-electron chi connectivity index (χ1n) is 13.2. The van der Waals surface area contributed by atoms with Crippen LogP contribution in [0.25, 0.3) is 33.4 Å². The topological polar surface area (TPSA) is 84.0 Å². The van der Waals surface area contributed by atoms with Gasteiger partial charge in [-0.05, 0) is 42.0 Å². The van der Waals surface area contributed by atoms with Crippen LogP contribution >= 0.6 is 0 Å². The van der Waals surface area contributed by atoms with Gasteiger partial charge in [-0.15, -0.1) is 0 Å². The average molecular weight is 558 g/mol. The van der Waals surface area contributed by atoms with Gasteiger partial charge in [-0.25, -0.2) is 9.97 Å². The predicted octanol–water partition coefficient (Wildman–Crippen LogP) is 5.90. The van der Waals surface area contributed by atoms with Gasteiger partial charge in [0.15, 0.2) is 0 Å². The fourth-order valence-corrected chi connectivity index (χ4v) is 4.93. The van der Waals surface area contributed by atoms with E-state index in [9.17, 15) is 18.0 Å². The Bertz CT molecular complexity index is 1690. The van der Waals surface area contributed by atoms with E-state index in [0.717, 1.165) is 64.5 Å². The van der Waals surface area contributed by atoms with Crippen LogP contribution in [0.4, 0.5) is 19.0 Å². The molecule has 1 N–H and O–H groups in total. The number of nitrogens with one attached hydrogen (secondary N) is 1. The largest absolute Gasteiger partial charge is 0.416 e. The van der Waals surface area contributed by atoms with Crippen LogP contribution < -0.4 is 4.90 Å². The molecule has 41 heavy (non-hydrogen) atoms. The van der Waals surface area contributed by atoms with Crippen LogP contribution in [0.3, 0.4) is 0 Å². The number of alkyl halides is 3. The van der Waals surface area contributed by atoms with Gasteiger partial charge < -0.3 is 14.6 Å². The molecule has 0 radical (unpaired) electrons. The molecule has 0 amide bonds. The van der Waals surface area contributed by atoms with E-state index in [0.29, 0.717) is 24.5 Å². The molecule has 0 atom stereocenters. The molecule has 208 valence electrons. The van der Waals surface area contributed by atoms with E-state index in [1.54, 1.807) is 18.5 Å². The van der Waals surface area contributed by atoms with E-state index < -0.39 is 11.7 Å². The highest BCUT2D eigenvalue weighted by atomic mass is 19.4. The molecule has 5 aromatic rings. The summed E-state index contributed by atoms with van der Waals surface area (Å²) >= 11 is 0. The number of hydrogen-bond acceptors (Lipinski definition) is 6. The highest BCUT2D eigenvalue weighted by molar-refractivity contribution is 5.87. The number of hydrogen-bond donors (Lipinski definition) is 1. The monoisotopic (exact) mass is 557 g/mol. The number of Topliss-reactive ketones (excluding diaryl/α,β-unsaturated/α-hetero) is 1. The van der Waals surface area contributed by atoms with Crippen LogP contribution in [0.2, 0.25) is 0 Å². The lowest BCUT2D eigenvalue weighted by Gasteiger charge is -2.27. The summed E-state index contributed by atoms with van der Waals surface area (Å²) in [5.74, 6) is 0.706. The van der Waals surface area contributed by atoms with Crippen molar-refractivity contribution in [3.05, 3.63) is 96.1 Å². The molecule has 5 heterocycles. The van der Waals surface area contributed by atoms with Crippen LogP contribution in [-0.2, 0) is 28.5 Å². The van der Waals surface area contributed by atoms with E-state index in [1.165, 1.54) is 12.1 Å². The Labute approximate surface area is 234 Å². The number of ketones is 1. The summed E-state index contributed by atoms with van der Waals surface area (Å²) in [4.78, 5) is 31.7. The van der Waals surface area contributed by atoms with Crippen molar-refractivity contribution in [2.45, 2.75) is 19.0 Å². The summed E-state index contributed by atoms with van der Waals surface area (Å²) in [5.41, 5.74) is 4.56. The highest BCUT2D eigenvalue weighted by Gasteiger charge is 2.30. The fourth-order valence-electron chi connectivity index (χ4n) is 4.93. The van der Waals surface area contributed by atoms with Gasteiger partial charge in [-0.3, -0.25) is 9.78 Å². The predicted molar refractivity (Wildman–Crippen MR) is 149 cm³/mol. The molecule has 1 aliphatic rings. The van der Waals surface area contributed by atoms with Crippen LogP contribution in [0.1, 0.15) is 16.8 Å². The Hall–Kier alpha value is -4.57. The van der Waals surface area contributed by atoms with Gasteiger partial charge >= 0.3 is 6.18 Å². The lowest BCUT2D eigenvalue weighted by molar-refractivity contribution is -0.137. The summed E-state index contributed by atoms with van der Waals surface area (Å²) in [6.07, 6.45) is 0.761. The zero-order chi connectivity index (χ0) is 28.4. The van der Waals surface area contributed by atoms with Crippen LogP contribution in [0.5, 0.6) is 0 Å². The van der Waals surface area contributed by atoms with E-state index >= 15 is 0 Å². The number of fused-ring (bicyclic) bond motifs is 1. The number of morpholine rings is 1. The van der Waals surface area contributed by atoms with Crippen molar-refractivity contribution in [2.75, 3.05) is 31.2 Å². The third kappa shape index (κ3) is 6.12. The molecule has 0 unspecified atom stereocenters. The highest BCUT2D eigenvalue weighted by Crippen LogP contribution is 2.30. The molecule has 4 aromatic heterocycles. The maximum absolute atomic E-state index is 13.0. The van der Waals surface area contributed by atoms with E-state index in [1.807, 2.05) is 24.4 Å². The Morgan fingerprint density at radius 1 is 0.878 bits per heavy atom. The number of anilines is 1. The number of benzene rings is 1. The number of aromatic nitrogens is 4. The van der Waals surface area contributed by atoms with Gasteiger partial charge in [0, 0.05) is 78.0 Å². The van der Waals surface area contributed by atoms with Gasteiger partial charge in [-0.2, -0.15) is 13.2 Å². The van der Waals surface area contributed by atoms with Gasteiger partial charge in [0.25, 0.3) is 0 Å². The molecule has 0 bridgehead atoms. The molecule has 0 saturated carbocycles. The van der Waals surface area contributed by atoms with E-state index in [4.69, 9.17) is 4.74 Å². The summed E-state index contributed by atoms with van der Waals surface area (Å²) in [6.45, 7) is 3.00. The second kappa shape index (κ2) is 11.1. The second-order valence-electron chi connectivity index (χ2n) is 9.98. The summed E-state index contributed by atoms with van der Waals surface area (Å²) in [5, 5.41) is 0.947. The number of halogens is 3. The number of pyridine rings is 3. The van der Waals surface area contributed by atoms with Crippen molar-refractivity contribution < 1.29 is 22.7 Å². The van der Waals surface area contributed by atoms with Crippen LogP contribution in [0, 0.1) is 0 Å². The van der Waals surface area contributed by atoms with Gasteiger partial charge in [0.1, 0.15) is 17.2 Å². The Morgan fingerprint density at radius 3 is 2.49 bits per heavy atom. The smallest absolute Gasteiger partial charge is 0.378 e. The van der Waals surface area contributed by atoms with Crippen LogP contribution in [-0.4, -0.2) is 52.0 Å². The van der Waals surface area contributed by atoms with E-state index in [2.05, 4.69) is 37.0 Å². The van der Waals surface area contributed by atoms with Crippen LogP contribution in [0.15, 0.2) is 79.3 Å². The molecule has 7 nitrogen and oxygen atoms in total. The first-order chi connectivity index (χ1) is 19.8. The van der Waals surface area contributed by atoms with Crippen molar-refractivity contribution in [1.82, 2.24) is 19.9 Å². The molecule has 1 saturated heterocycles. The minimum Gasteiger partial charge on any atom is -0.378 e. The standard InChI is InChI=1S/C31H26F3N5O2/c32-31(33,34)25-3-1-2-20(12-25)13-27(40)17-26-5-4-22(18-36-26)24-14-23-15-28(38-30(23)37-19-24)21-6-7-35-29(16-21)39-8-10-41-11-9-39/h1-7,12,14-16,18-19H,8-11,13,17H2,(H,37,38). The number of carbonyl (C=O) groups excluding carboxylic acids is 1. The zero-order valence-electron chi connectivity index (χ0n) is 22.0. The molecule has 1 fully saturated rings. The number of nitrogens with zero attached hydrogens (tertiary/aromatic N) is 4. The lowest BCUT2D eigenvalue weighted by atomic mass is 10.0. The van der Waals surface area contributed by atoms with Crippen molar-refractivity contribution in [3.63, 3.8) is 0 Å². The number of ether oxygens (including phenoxy) is 1. The maximum atomic E-state index is 13.0. The fraction of sp³-hybridized carbons (Fsp3) is 0.226. The summed E-state index contributed by atoms with van der Waals surface area (Å²) < 4.78 is 44.3. The normalized spacial score (nSPS) is 14.0. The molecular weight excluding hydrogens is 531 g/mol. The SMILES string of the molecule is O=C(Cc1cccc(C(F)(F)F)c1)Cc1ccc(-c2cnc3[nH]c(-c4ccnc(N5CCOCC5)c4)cc3c2)cn1. The number of rotatable bonds is 7. The van der Waals surface area contributed by atoms with E-state index in [-0.39, 0.29) is 18.6 Å². The molecule has 1 aliphatic heterocycles. The van der Waals surface area contributed by atoms with Crippen molar-refractivity contribution in [2.24, 2.45) is 0 Å². The third-order valence-corrected chi connectivity index (χ3v) is 7.05. The lowest BCUT2D eigenvalue weighted by Crippen LogP contribution is -2.36.